The molecular formula is C12H21NO2. The minimum absolute atomic E-state index is 0.0513. The quantitative estimate of drug-likeness (QED) is 0.563. The number of ether oxygens (including phenoxy) is 2. The second-order valence-corrected chi connectivity index (χ2v) is 5.06. The van der Waals surface area contributed by atoms with Gasteiger partial charge in [-0.1, -0.05) is 19.1 Å². The van der Waals surface area contributed by atoms with Crippen LogP contribution >= 0.6 is 0 Å². The second kappa shape index (κ2) is 4.24. The number of hydrogen-bond donors (Lipinski definition) is 1. The topological polar surface area (TPSA) is 40.4 Å². The third kappa shape index (κ3) is 3.03. The van der Waals surface area contributed by atoms with Crippen molar-refractivity contribution in [2.45, 2.75) is 39.0 Å². The van der Waals surface area contributed by atoms with Crippen molar-refractivity contribution in [2.75, 3.05) is 19.8 Å². The maximum Gasteiger partial charge on any atom is 0.0728 e. The van der Waals surface area contributed by atoms with Gasteiger partial charge in [-0.05, 0) is 13.8 Å². The van der Waals surface area contributed by atoms with Crippen molar-refractivity contribution < 1.29 is 9.47 Å². The largest absolute Gasteiger partial charge is 0.376 e. The molecule has 0 aromatic rings. The van der Waals surface area contributed by atoms with E-state index in [1.807, 2.05) is 0 Å². The van der Waals surface area contributed by atoms with E-state index in [1.165, 1.54) is 0 Å². The Hall–Kier alpha value is -0.380. The Bertz CT molecular complexity index is 250. The van der Waals surface area contributed by atoms with Gasteiger partial charge in [0.2, 0.25) is 0 Å². The van der Waals surface area contributed by atoms with Gasteiger partial charge in [0.15, 0.2) is 0 Å². The average molecular weight is 211 g/mol. The molecule has 0 aliphatic carbocycles. The van der Waals surface area contributed by atoms with Crippen molar-refractivity contribution in [1.29, 1.82) is 0 Å². The maximum atomic E-state index is 5.85. The van der Waals surface area contributed by atoms with E-state index in [-0.39, 0.29) is 11.5 Å². The third-order valence-electron chi connectivity index (χ3n) is 3.13. The van der Waals surface area contributed by atoms with Crippen molar-refractivity contribution in [3.8, 4) is 0 Å². The van der Waals surface area contributed by atoms with Gasteiger partial charge in [0.1, 0.15) is 0 Å². The standard InChI is InChI=1S/C12H21NO2/c1-9-4-5-12(3,7-14-9)8-15-10(2)11-6-13-11/h4-5,9-11,13H,6-8H2,1-3H3/t9?,10-,11-,12?/m1/s1. The van der Waals surface area contributed by atoms with E-state index >= 15 is 0 Å². The number of hydrogen-bond acceptors (Lipinski definition) is 3. The summed E-state index contributed by atoms with van der Waals surface area (Å²) in [5.41, 5.74) is 0.0513. The fourth-order valence-electron chi connectivity index (χ4n) is 1.72. The van der Waals surface area contributed by atoms with Crippen molar-refractivity contribution in [1.82, 2.24) is 5.32 Å². The molecule has 3 heteroatoms. The van der Waals surface area contributed by atoms with E-state index in [4.69, 9.17) is 9.47 Å². The lowest BCUT2D eigenvalue weighted by atomic mass is 9.90. The van der Waals surface area contributed by atoms with Gasteiger partial charge in [0.05, 0.1) is 25.4 Å². The van der Waals surface area contributed by atoms with Gasteiger partial charge in [-0.3, -0.25) is 0 Å². The maximum absolute atomic E-state index is 5.85. The zero-order valence-electron chi connectivity index (χ0n) is 9.82. The van der Waals surface area contributed by atoms with Crippen LogP contribution in [0.4, 0.5) is 0 Å². The Morgan fingerprint density at radius 3 is 2.93 bits per heavy atom. The molecule has 86 valence electrons. The van der Waals surface area contributed by atoms with Crippen LogP contribution in [-0.4, -0.2) is 38.0 Å². The van der Waals surface area contributed by atoms with Crippen LogP contribution in [0.3, 0.4) is 0 Å². The minimum atomic E-state index is 0.0513. The zero-order chi connectivity index (χ0) is 10.9. The predicted octanol–water partition coefficient (Wildman–Crippen LogP) is 1.34. The molecule has 0 aromatic heterocycles. The molecule has 3 nitrogen and oxygen atoms in total. The number of rotatable bonds is 4. The summed E-state index contributed by atoms with van der Waals surface area (Å²) < 4.78 is 11.5. The first kappa shape index (κ1) is 11.1. The van der Waals surface area contributed by atoms with E-state index in [2.05, 4.69) is 38.2 Å². The molecule has 2 heterocycles. The summed E-state index contributed by atoms with van der Waals surface area (Å²) in [5, 5.41) is 3.27. The normalized spacial score (nSPS) is 41.5. The van der Waals surface area contributed by atoms with Crippen molar-refractivity contribution in [3.63, 3.8) is 0 Å². The molecule has 1 saturated heterocycles. The molecule has 1 N–H and O–H groups in total. The van der Waals surface area contributed by atoms with Crippen LogP contribution in [0.15, 0.2) is 12.2 Å². The predicted molar refractivity (Wildman–Crippen MR) is 59.9 cm³/mol. The summed E-state index contributed by atoms with van der Waals surface area (Å²) in [6.45, 7) is 8.98. The molecule has 0 saturated carbocycles. The highest BCUT2D eigenvalue weighted by atomic mass is 16.5. The van der Waals surface area contributed by atoms with Crippen LogP contribution in [0, 0.1) is 5.41 Å². The van der Waals surface area contributed by atoms with Crippen LogP contribution in [0.2, 0.25) is 0 Å². The SMILES string of the molecule is CC1C=CC(C)(CO[C@H](C)[C@H]2CN2)CO1. The second-order valence-electron chi connectivity index (χ2n) is 5.06. The summed E-state index contributed by atoms with van der Waals surface area (Å²) in [6.07, 6.45) is 4.91. The molecular weight excluding hydrogens is 190 g/mol. The smallest absolute Gasteiger partial charge is 0.0728 e. The summed E-state index contributed by atoms with van der Waals surface area (Å²) >= 11 is 0. The molecule has 4 atom stereocenters. The Balaban J connectivity index is 1.79. The Kier molecular flexibility index (Phi) is 3.14. The third-order valence-corrected chi connectivity index (χ3v) is 3.13. The van der Waals surface area contributed by atoms with Crippen LogP contribution in [0.5, 0.6) is 0 Å². The zero-order valence-corrected chi connectivity index (χ0v) is 9.82. The highest BCUT2D eigenvalue weighted by Crippen LogP contribution is 2.26. The highest BCUT2D eigenvalue weighted by Gasteiger charge is 2.31. The first-order valence-electron chi connectivity index (χ1n) is 5.75. The Morgan fingerprint density at radius 1 is 1.67 bits per heavy atom. The highest BCUT2D eigenvalue weighted by molar-refractivity contribution is 5.04. The van der Waals surface area contributed by atoms with E-state index in [9.17, 15) is 0 Å². The fraction of sp³-hybridized carbons (Fsp3) is 0.833. The Labute approximate surface area is 91.8 Å². The molecule has 0 bridgehead atoms. The lowest BCUT2D eigenvalue weighted by molar-refractivity contribution is -0.0353. The summed E-state index contributed by atoms with van der Waals surface area (Å²) in [4.78, 5) is 0. The number of nitrogens with one attached hydrogen (secondary N) is 1. The van der Waals surface area contributed by atoms with E-state index < -0.39 is 0 Å². The van der Waals surface area contributed by atoms with Crippen LogP contribution in [0.25, 0.3) is 0 Å². The van der Waals surface area contributed by atoms with Gasteiger partial charge in [-0.2, -0.15) is 0 Å². The molecule has 15 heavy (non-hydrogen) atoms. The van der Waals surface area contributed by atoms with Crippen molar-refractivity contribution in [2.24, 2.45) is 5.41 Å². The Morgan fingerprint density at radius 2 is 2.40 bits per heavy atom. The molecule has 2 unspecified atom stereocenters. The molecule has 0 spiro atoms. The fourth-order valence-corrected chi connectivity index (χ4v) is 1.72. The molecule has 1 fully saturated rings. The van der Waals surface area contributed by atoms with Crippen LogP contribution in [0.1, 0.15) is 20.8 Å². The van der Waals surface area contributed by atoms with Gasteiger partial charge < -0.3 is 14.8 Å². The van der Waals surface area contributed by atoms with Gasteiger partial charge in [-0.15, -0.1) is 0 Å². The molecule has 0 amide bonds. The van der Waals surface area contributed by atoms with E-state index in [0.29, 0.717) is 12.1 Å². The van der Waals surface area contributed by atoms with Crippen LogP contribution < -0.4 is 5.32 Å². The molecule has 0 radical (unpaired) electrons. The monoisotopic (exact) mass is 211 g/mol. The lowest BCUT2D eigenvalue weighted by Gasteiger charge is -2.32. The van der Waals surface area contributed by atoms with Gasteiger partial charge >= 0.3 is 0 Å². The van der Waals surface area contributed by atoms with Crippen molar-refractivity contribution in [3.05, 3.63) is 12.2 Å². The van der Waals surface area contributed by atoms with Crippen LogP contribution in [-0.2, 0) is 9.47 Å². The molecule has 2 rings (SSSR count). The summed E-state index contributed by atoms with van der Waals surface area (Å²) in [6, 6.07) is 0.570. The summed E-state index contributed by atoms with van der Waals surface area (Å²) in [5.74, 6) is 0. The van der Waals surface area contributed by atoms with Gasteiger partial charge in [0, 0.05) is 18.0 Å². The molecule has 2 aliphatic heterocycles. The molecule has 0 aromatic carbocycles. The molecule has 2 aliphatic rings. The van der Waals surface area contributed by atoms with Gasteiger partial charge in [0.25, 0.3) is 0 Å². The first-order chi connectivity index (χ1) is 7.09. The van der Waals surface area contributed by atoms with Crippen molar-refractivity contribution >= 4 is 0 Å². The first-order valence-corrected chi connectivity index (χ1v) is 5.75. The van der Waals surface area contributed by atoms with E-state index in [1.54, 1.807) is 0 Å². The lowest BCUT2D eigenvalue weighted by Crippen LogP contribution is -2.34. The minimum Gasteiger partial charge on any atom is -0.376 e. The summed E-state index contributed by atoms with van der Waals surface area (Å²) in [7, 11) is 0. The van der Waals surface area contributed by atoms with Gasteiger partial charge in [-0.25, -0.2) is 0 Å². The van der Waals surface area contributed by atoms with E-state index in [0.717, 1.165) is 19.8 Å². The average Bonchev–Trinajstić information content (AvgIpc) is 3.03.